The van der Waals surface area contributed by atoms with E-state index in [1.165, 1.54) is 0 Å². The minimum atomic E-state index is -0.0985. The predicted octanol–water partition coefficient (Wildman–Crippen LogP) is 0.476. The van der Waals surface area contributed by atoms with Crippen LogP contribution in [0.5, 0.6) is 0 Å². The summed E-state index contributed by atoms with van der Waals surface area (Å²) in [6.45, 7) is 0.957. The van der Waals surface area contributed by atoms with Crippen LogP contribution in [-0.2, 0) is 7.05 Å². The van der Waals surface area contributed by atoms with Crippen LogP contribution in [0.3, 0.4) is 0 Å². The van der Waals surface area contributed by atoms with Crippen molar-refractivity contribution in [2.24, 2.45) is 12.8 Å². The van der Waals surface area contributed by atoms with Crippen molar-refractivity contribution in [3.63, 3.8) is 0 Å². The molecule has 0 fully saturated rings. The van der Waals surface area contributed by atoms with Gasteiger partial charge in [-0.2, -0.15) is 0 Å². The average molecular weight is 246 g/mol. The molecule has 3 N–H and O–H groups in total. The highest BCUT2D eigenvalue weighted by Crippen LogP contribution is 2.13. The maximum atomic E-state index is 11.4. The van der Waals surface area contributed by atoms with E-state index in [1.807, 2.05) is 13.2 Å². The fourth-order valence-corrected chi connectivity index (χ4v) is 1.55. The molecule has 1 heterocycles. The molecule has 4 nitrogen and oxygen atoms in total. The summed E-state index contributed by atoms with van der Waals surface area (Å²) in [5.41, 5.74) is 5.89. The molecule has 0 aliphatic heterocycles. The third-order valence-corrected chi connectivity index (χ3v) is 2.07. The lowest BCUT2D eigenvalue weighted by atomic mass is 10.4. The lowest BCUT2D eigenvalue weighted by Crippen LogP contribution is -2.30. The molecule has 0 atom stereocenters. The predicted molar refractivity (Wildman–Crippen MR) is 54.5 cm³/mol. The second-order valence-electron chi connectivity index (χ2n) is 2.70. The van der Waals surface area contributed by atoms with Crippen LogP contribution in [0.1, 0.15) is 10.5 Å². The van der Waals surface area contributed by atoms with Crippen molar-refractivity contribution in [2.45, 2.75) is 0 Å². The molecule has 1 aromatic heterocycles. The van der Waals surface area contributed by atoms with Gasteiger partial charge in [0.25, 0.3) is 5.91 Å². The number of aromatic nitrogens is 1. The number of hydrogen-bond donors (Lipinski definition) is 2. The van der Waals surface area contributed by atoms with Crippen LogP contribution < -0.4 is 11.1 Å². The normalized spacial score (nSPS) is 10.1. The van der Waals surface area contributed by atoms with Gasteiger partial charge in [0.15, 0.2) is 0 Å². The second kappa shape index (κ2) is 4.43. The SMILES string of the molecule is Cn1cc(Br)cc1C(=O)NCCN. The van der Waals surface area contributed by atoms with E-state index in [4.69, 9.17) is 5.73 Å². The van der Waals surface area contributed by atoms with Gasteiger partial charge < -0.3 is 15.6 Å². The number of hydrogen-bond acceptors (Lipinski definition) is 2. The van der Waals surface area contributed by atoms with Crippen LogP contribution in [0, 0.1) is 0 Å². The molecule has 0 saturated carbocycles. The molecule has 0 spiro atoms. The first-order valence-corrected chi connectivity index (χ1v) is 4.74. The number of halogens is 1. The standard InChI is InChI=1S/C8H12BrN3O/c1-12-5-6(9)4-7(12)8(13)11-3-2-10/h4-5H,2-3,10H2,1H3,(H,11,13). The van der Waals surface area contributed by atoms with Crippen LogP contribution in [0.4, 0.5) is 0 Å². The van der Waals surface area contributed by atoms with Gasteiger partial charge in [-0.15, -0.1) is 0 Å². The van der Waals surface area contributed by atoms with Crippen molar-refractivity contribution >= 4 is 21.8 Å². The fourth-order valence-electron chi connectivity index (χ4n) is 1.03. The Morgan fingerprint density at radius 1 is 1.77 bits per heavy atom. The summed E-state index contributed by atoms with van der Waals surface area (Å²) in [6.07, 6.45) is 1.83. The number of nitrogens with zero attached hydrogens (tertiary/aromatic N) is 1. The molecule has 1 rings (SSSR count). The summed E-state index contributed by atoms with van der Waals surface area (Å²) in [5.74, 6) is -0.0985. The molecule has 0 bridgehead atoms. The zero-order chi connectivity index (χ0) is 9.84. The molecule has 5 heteroatoms. The van der Waals surface area contributed by atoms with Crippen LogP contribution in [0.25, 0.3) is 0 Å². The number of rotatable bonds is 3. The zero-order valence-corrected chi connectivity index (χ0v) is 8.97. The van der Waals surface area contributed by atoms with Crippen molar-refractivity contribution in [1.29, 1.82) is 0 Å². The molecule has 0 unspecified atom stereocenters. The Labute approximate surface area is 85.2 Å². The first-order valence-electron chi connectivity index (χ1n) is 3.95. The summed E-state index contributed by atoms with van der Waals surface area (Å²) < 4.78 is 2.66. The monoisotopic (exact) mass is 245 g/mol. The molecule has 0 radical (unpaired) electrons. The Bertz CT molecular complexity index is 308. The summed E-state index contributed by atoms with van der Waals surface area (Å²) in [4.78, 5) is 11.4. The van der Waals surface area contributed by atoms with Crippen molar-refractivity contribution in [3.8, 4) is 0 Å². The van der Waals surface area contributed by atoms with E-state index >= 15 is 0 Å². The van der Waals surface area contributed by atoms with Gasteiger partial charge in [-0.25, -0.2) is 0 Å². The molecule has 13 heavy (non-hydrogen) atoms. The maximum Gasteiger partial charge on any atom is 0.267 e. The van der Waals surface area contributed by atoms with Crippen LogP contribution in [0.2, 0.25) is 0 Å². The molecule has 0 saturated heterocycles. The van der Waals surface area contributed by atoms with Gasteiger partial charge in [0.05, 0.1) is 0 Å². The first-order chi connectivity index (χ1) is 6.15. The van der Waals surface area contributed by atoms with Gasteiger partial charge in [-0.05, 0) is 22.0 Å². The highest BCUT2D eigenvalue weighted by atomic mass is 79.9. The van der Waals surface area contributed by atoms with Crippen LogP contribution in [0.15, 0.2) is 16.7 Å². The minimum absolute atomic E-state index is 0.0985. The number of amides is 1. The van der Waals surface area contributed by atoms with Gasteiger partial charge >= 0.3 is 0 Å². The van der Waals surface area contributed by atoms with Gasteiger partial charge in [0.2, 0.25) is 0 Å². The molecule has 0 aromatic carbocycles. The molecule has 1 amide bonds. The first kappa shape index (κ1) is 10.3. The Hall–Kier alpha value is -0.810. The smallest absolute Gasteiger partial charge is 0.267 e. The number of nitrogens with one attached hydrogen (secondary N) is 1. The average Bonchev–Trinajstić information content (AvgIpc) is 2.41. The number of carbonyl (C=O) groups is 1. The van der Waals surface area contributed by atoms with Crippen molar-refractivity contribution in [2.75, 3.05) is 13.1 Å². The Morgan fingerprint density at radius 2 is 2.46 bits per heavy atom. The lowest BCUT2D eigenvalue weighted by molar-refractivity contribution is 0.0946. The van der Waals surface area contributed by atoms with Crippen molar-refractivity contribution in [3.05, 3.63) is 22.4 Å². The van der Waals surface area contributed by atoms with E-state index in [2.05, 4.69) is 21.2 Å². The third kappa shape index (κ3) is 2.57. The Morgan fingerprint density at radius 3 is 2.92 bits per heavy atom. The Kier molecular flexibility index (Phi) is 3.50. The van der Waals surface area contributed by atoms with E-state index in [1.54, 1.807) is 10.6 Å². The third-order valence-electron chi connectivity index (χ3n) is 1.63. The van der Waals surface area contributed by atoms with Gasteiger partial charge in [-0.1, -0.05) is 0 Å². The van der Waals surface area contributed by atoms with Crippen molar-refractivity contribution < 1.29 is 4.79 Å². The summed E-state index contributed by atoms with van der Waals surface area (Å²) >= 11 is 3.29. The quantitative estimate of drug-likeness (QED) is 0.814. The van der Waals surface area contributed by atoms with E-state index in [9.17, 15) is 4.79 Å². The summed E-state index contributed by atoms with van der Waals surface area (Å²) in [5, 5.41) is 2.70. The topological polar surface area (TPSA) is 60.0 Å². The molecule has 0 aliphatic rings. The lowest BCUT2D eigenvalue weighted by Gasteiger charge is -2.03. The van der Waals surface area contributed by atoms with Crippen molar-refractivity contribution in [1.82, 2.24) is 9.88 Å². The van der Waals surface area contributed by atoms with Gasteiger partial charge in [-0.3, -0.25) is 4.79 Å². The fraction of sp³-hybridized carbons (Fsp3) is 0.375. The minimum Gasteiger partial charge on any atom is -0.349 e. The van der Waals surface area contributed by atoms with E-state index in [0.717, 1.165) is 4.47 Å². The molecule has 1 aromatic rings. The number of nitrogens with two attached hydrogens (primary N) is 1. The summed E-state index contributed by atoms with van der Waals surface area (Å²) in [6, 6.07) is 1.77. The number of carbonyl (C=O) groups excluding carboxylic acids is 1. The zero-order valence-electron chi connectivity index (χ0n) is 7.38. The number of aryl methyl sites for hydroxylation is 1. The molecular formula is C8H12BrN3O. The van der Waals surface area contributed by atoms with Crippen LogP contribution in [-0.4, -0.2) is 23.6 Å². The van der Waals surface area contributed by atoms with Gasteiger partial charge in [0.1, 0.15) is 5.69 Å². The van der Waals surface area contributed by atoms with E-state index < -0.39 is 0 Å². The highest BCUT2D eigenvalue weighted by molar-refractivity contribution is 9.10. The van der Waals surface area contributed by atoms with E-state index in [-0.39, 0.29) is 5.91 Å². The van der Waals surface area contributed by atoms with Crippen LogP contribution >= 0.6 is 15.9 Å². The molecule has 0 aliphatic carbocycles. The maximum absolute atomic E-state index is 11.4. The summed E-state index contributed by atoms with van der Waals surface area (Å²) in [7, 11) is 1.82. The highest BCUT2D eigenvalue weighted by Gasteiger charge is 2.09. The van der Waals surface area contributed by atoms with Gasteiger partial charge in [0, 0.05) is 30.8 Å². The Balaban J connectivity index is 2.70. The largest absolute Gasteiger partial charge is 0.349 e. The molecule has 72 valence electrons. The van der Waals surface area contributed by atoms with E-state index in [0.29, 0.717) is 18.8 Å². The molecular weight excluding hydrogens is 234 g/mol. The second-order valence-corrected chi connectivity index (χ2v) is 3.61.